The summed E-state index contributed by atoms with van der Waals surface area (Å²) >= 11 is 0. The fourth-order valence-electron chi connectivity index (χ4n) is 22.6. The Morgan fingerprint density at radius 3 is 2.56 bits per heavy atom. The van der Waals surface area contributed by atoms with Crippen molar-refractivity contribution in [1.82, 2.24) is 10.2 Å². The Labute approximate surface area is 441 Å². The van der Waals surface area contributed by atoms with Crippen molar-refractivity contribution in [2.75, 3.05) is 19.8 Å². The van der Waals surface area contributed by atoms with Crippen LogP contribution in [0.25, 0.3) is 0 Å². The number of hydrogen-bond donors (Lipinski definition) is 3. The van der Waals surface area contributed by atoms with Gasteiger partial charge < -0.3 is 38.5 Å². The molecule has 14 aliphatic rings. The van der Waals surface area contributed by atoms with E-state index in [9.17, 15) is 15.0 Å². The molecule has 0 amide bonds. The molecule has 21 unspecified atom stereocenters. The number of aliphatic hydroxyl groups is 2. The van der Waals surface area contributed by atoms with Crippen molar-refractivity contribution in [3.8, 4) is 11.8 Å². The van der Waals surface area contributed by atoms with Gasteiger partial charge in [0.1, 0.15) is 24.1 Å². The molecule has 11 fully saturated rings. The number of nitrogens with one attached hydrogen (secondary N) is 1. The Morgan fingerprint density at radius 1 is 0.880 bits per heavy atom. The molecule has 6 aliphatic heterocycles. The third-order valence-electron chi connectivity index (χ3n) is 25.1. The first-order chi connectivity index (χ1) is 36.2. The number of Topliss-reactive ketones (excluding diaryl/α,β-unsaturated/α-hetero) is 1. The fraction of sp³-hybridized carbons (Fsp3) is 0.730. The summed E-state index contributed by atoms with van der Waals surface area (Å²) in [7, 11) is 0. The summed E-state index contributed by atoms with van der Waals surface area (Å²) < 4.78 is 35.8. The predicted octanol–water partition coefficient (Wildman–Crippen LogP) is 7.60. The van der Waals surface area contributed by atoms with E-state index in [4.69, 9.17) is 23.4 Å². The van der Waals surface area contributed by atoms with Crippen LogP contribution < -0.4 is 5.32 Å². The van der Waals surface area contributed by atoms with E-state index in [0.29, 0.717) is 81.1 Å². The topological polar surface area (TPSA) is 160 Å². The molecular weight excluding hydrogens is 945 g/mol. The van der Waals surface area contributed by atoms with Crippen molar-refractivity contribution in [3.05, 3.63) is 71.3 Å². The molecule has 1 aromatic heterocycles. The van der Waals surface area contributed by atoms with Gasteiger partial charge in [0.2, 0.25) is 0 Å². The molecule has 21 atom stereocenters. The average molecular weight is 1020 g/mol. The largest absolute Gasteiger partial charge is 0.469 e. The van der Waals surface area contributed by atoms with E-state index in [-0.39, 0.29) is 42.0 Å². The van der Waals surface area contributed by atoms with Crippen molar-refractivity contribution in [2.45, 2.75) is 177 Å². The molecule has 3 N–H and O–H groups in total. The molecule has 8 aliphatic carbocycles. The van der Waals surface area contributed by atoms with Crippen molar-refractivity contribution in [3.63, 3.8) is 0 Å². The Balaban J connectivity index is 0.880. The Kier molecular flexibility index (Phi) is 9.81. The van der Waals surface area contributed by atoms with Gasteiger partial charge in [-0.15, -0.1) is 0 Å². The molecule has 6 saturated carbocycles. The Hall–Kier alpha value is -3.99. The number of esters is 2. The number of hydrogen-bond acceptors (Lipinski definition) is 12. The number of cyclic esters (lactones) is 1. The first-order valence-corrected chi connectivity index (χ1v) is 29.7. The van der Waals surface area contributed by atoms with Crippen LogP contribution in [0.5, 0.6) is 0 Å². The zero-order valence-corrected chi connectivity index (χ0v) is 44.1. The zero-order chi connectivity index (χ0) is 50.8. The number of benzene rings is 1. The Bertz CT molecular complexity index is 2860. The van der Waals surface area contributed by atoms with E-state index >= 15 is 9.59 Å². The SMILES string of the molecule is CC1(C)OC2C3(CCCC3)C(=O)OCC23C1C(=O)C(O)C12C4CC(Cc5ccccc5)CCC4C#CC4CCc5coc(CC6C(O)CCC7CC8C(C=CN9CNCC89)CC76)c5C45OC(=O)C4OC41C5(C)CCC32. The van der Waals surface area contributed by atoms with E-state index in [1.165, 1.54) is 5.56 Å². The first-order valence-electron chi connectivity index (χ1n) is 29.7. The number of fused-ring (bicyclic) bond motifs is 7. The van der Waals surface area contributed by atoms with Gasteiger partial charge in [-0.25, -0.2) is 4.79 Å². The highest BCUT2D eigenvalue weighted by Gasteiger charge is 2.96. The highest BCUT2D eigenvalue weighted by molar-refractivity contribution is 5.93. The number of epoxide rings is 1. The van der Waals surface area contributed by atoms with Gasteiger partial charge in [0.15, 0.2) is 17.5 Å². The summed E-state index contributed by atoms with van der Waals surface area (Å²) in [6.07, 6.45) is 16.3. The summed E-state index contributed by atoms with van der Waals surface area (Å²) in [6.45, 7) is 8.22. The average Bonchev–Trinajstić information content (AvgIpc) is 4.08. The molecule has 2 aromatic rings. The molecular formula is C63H76N2O10. The first kappa shape index (κ1) is 47.0. The van der Waals surface area contributed by atoms with Gasteiger partial charge in [0.25, 0.3) is 0 Å². The zero-order valence-electron chi connectivity index (χ0n) is 44.1. The molecule has 5 spiro atoms. The van der Waals surface area contributed by atoms with Crippen LogP contribution in [0.15, 0.2) is 53.3 Å². The number of furan rings is 1. The summed E-state index contributed by atoms with van der Waals surface area (Å²) in [5.74, 6) is 7.70. The highest BCUT2D eigenvalue weighted by Crippen LogP contribution is 2.86. The van der Waals surface area contributed by atoms with Crippen LogP contribution in [0.4, 0.5) is 0 Å². The van der Waals surface area contributed by atoms with Gasteiger partial charge >= 0.3 is 11.9 Å². The lowest BCUT2D eigenvalue weighted by Gasteiger charge is -2.72. The lowest BCUT2D eigenvalue weighted by Crippen LogP contribution is -2.82. The van der Waals surface area contributed by atoms with Crippen molar-refractivity contribution < 1.29 is 48.0 Å². The van der Waals surface area contributed by atoms with Crippen molar-refractivity contribution in [2.24, 2.45) is 86.8 Å². The van der Waals surface area contributed by atoms with Gasteiger partial charge in [-0.3, -0.25) is 14.9 Å². The van der Waals surface area contributed by atoms with E-state index in [0.717, 1.165) is 87.9 Å². The third kappa shape index (κ3) is 5.57. The summed E-state index contributed by atoms with van der Waals surface area (Å²) in [4.78, 5) is 49.2. The Morgan fingerprint density at radius 2 is 1.72 bits per heavy atom. The van der Waals surface area contributed by atoms with Gasteiger partial charge in [0, 0.05) is 46.7 Å². The fourth-order valence-corrected chi connectivity index (χ4v) is 22.6. The van der Waals surface area contributed by atoms with Gasteiger partial charge in [-0.2, -0.15) is 0 Å². The number of aliphatic hydroxyl groups excluding tert-OH is 2. The molecule has 12 heteroatoms. The normalized spacial score (nSPS) is 50.4. The predicted molar refractivity (Wildman–Crippen MR) is 272 cm³/mol. The number of rotatable bonds is 4. The summed E-state index contributed by atoms with van der Waals surface area (Å²) in [6, 6.07) is 11.2. The van der Waals surface area contributed by atoms with Crippen LogP contribution in [0, 0.1) is 98.6 Å². The third-order valence-corrected chi connectivity index (χ3v) is 25.1. The maximum atomic E-state index is 16.4. The van der Waals surface area contributed by atoms with Gasteiger partial charge in [0.05, 0.1) is 48.0 Å². The number of nitrogens with zero attached hydrogens (tertiary/aromatic N) is 1. The number of ketones is 1. The number of ether oxygens (including phenoxy) is 4. The maximum absolute atomic E-state index is 16.4. The van der Waals surface area contributed by atoms with E-state index in [1.54, 1.807) is 0 Å². The number of allylic oxidation sites excluding steroid dienone is 1. The van der Waals surface area contributed by atoms with Crippen LogP contribution in [0.1, 0.15) is 133 Å². The molecule has 398 valence electrons. The van der Waals surface area contributed by atoms with E-state index in [1.807, 2.05) is 20.1 Å². The van der Waals surface area contributed by atoms with Crippen LogP contribution in [0.3, 0.4) is 0 Å². The molecule has 1 aromatic carbocycles. The highest BCUT2D eigenvalue weighted by atomic mass is 16.7. The minimum Gasteiger partial charge on any atom is -0.469 e. The second kappa shape index (κ2) is 15.6. The monoisotopic (exact) mass is 1020 g/mol. The van der Waals surface area contributed by atoms with Gasteiger partial charge in [-0.05, 0) is 168 Å². The smallest absolute Gasteiger partial charge is 0.339 e. The van der Waals surface area contributed by atoms with Crippen LogP contribution >= 0.6 is 0 Å². The quantitative estimate of drug-likeness (QED) is 0.157. The lowest BCUT2D eigenvalue weighted by molar-refractivity contribution is -0.307. The molecule has 75 heavy (non-hydrogen) atoms. The number of carbonyl (C=O) groups excluding carboxylic acids is 3. The summed E-state index contributed by atoms with van der Waals surface area (Å²) in [5, 5.41) is 30.0. The number of aryl methyl sites for hydroxylation is 1. The van der Waals surface area contributed by atoms with Crippen LogP contribution in [-0.4, -0.2) is 94.3 Å². The van der Waals surface area contributed by atoms with Crippen LogP contribution in [0.2, 0.25) is 0 Å². The molecule has 16 rings (SSSR count). The molecule has 5 saturated heterocycles. The minimum absolute atomic E-state index is 0.0263. The molecule has 4 bridgehead atoms. The van der Waals surface area contributed by atoms with E-state index in [2.05, 4.69) is 71.6 Å². The van der Waals surface area contributed by atoms with Crippen molar-refractivity contribution >= 4 is 17.7 Å². The second-order valence-corrected chi connectivity index (χ2v) is 27.9. The lowest BCUT2D eigenvalue weighted by atomic mass is 9.30. The minimum atomic E-state index is -1.51. The van der Waals surface area contributed by atoms with Gasteiger partial charge in [-0.1, -0.05) is 68.0 Å². The van der Waals surface area contributed by atoms with E-state index < -0.39 is 86.6 Å². The second-order valence-electron chi connectivity index (χ2n) is 27.9. The van der Waals surface area contributed by atoms with Crippen molar-refractivity contribution in [1.29, 1.82) is 0 Å². The summed E-state index contributed by atoms with van der Waals surface area (Å²) in [5.41, 5.74) is -4.74. The standard InChI is InChI=1S/C63H76N2O10/c1-57(2)51-50(67)52(68)61-44-26-35(25-34-9-5-4-6-10-34)11-12-36(44)13-16-40-17-14-39-31-71-47(29-43-41-27-38-20-24-65-33-64-30-45(65)42(38)28-37(41)15-18-46(43)66)49(39)62(40)58(3,63(61)53(73-63)54(69)74-62)23-19-48(61)60(51)32-72-56(70)59(55(60)75-57)21-7-8-22-59/h4-6,9-10,20,24,31,35-38,40-46,48,51-53,55,64,66,68H,7-8,11-12,14-15,17-19,21-23,25-30,32-33H2,1-3H3. The molecule has 12 nitrogen and oxygen atoms in total. The maximum Gasteiger partial charge on any atom is 0.339 e. The molecule has 0 radical (unpaired) electrons. The number of carbonyl (C=O) groups is 3. The molecule has 7 heterocycles. The van der Waals surface area contributed by atoms with Crippen LogP contribution in [-0.2, 0) is 58.2 Å².